The molecule has 0 radical (unpaired) electrons. The van der Waals surface area contributed by atoms with Crippen molar-refractivity contribution in [1.82, 2.24) is 4.90 Å². The van der Waals surface area contributed by atoms with Gasteiger partial charge in [-0.2, -0.15) is 65.5 Å². The maximum Gasteiger partial charge on any atom is 0.460 e. The van der Waals surface area contributed by atoms with Gasteiger partial charge in [0.15, 0.2) is 0 Å². The summed E-state index contributed by atoms with van der Waals surface area (Å²) in [6.07, 6.45) is -4.86. The standard InChI is InChI=1S/C18H16F13NO3S.ClH/c19-13(20,15(23,24)17(27,28)29)14(21,22)16(25,26)18(30,31)36(33,34)35-12-6-4-11(5-7-12)10-32-8-2-1-3-9-32;/h4-7H,1-3,8-10H2;1H. The number of alkyl halides is 13. The number of halogens is 14. The number of hydrogen-bond donors (Lipinski definition) is 0. The molecule has 1 aliphatic rings. The average Bonchev–Trinajstić information content (AvgIpc) is 2.74. The third-order valence-corrected chi connectivity index (χ3v) is 6.50. The van der Waals surface area contributed by atoms with Crippen LogP contribution in [0.25, 0.3) is 0 Å². The van der Waals surface area contributed by atoms with Crippen molar-refractivity contribution >= 4 is 22.5 Å². The number of rotatable bonds is 9. The van der Waals surface area contributed by atoms with Crippen molar-refractivity contribution in [2.24, 2.45) is 0 Å². The molecule has 1 aromatic carbocycles. The van der Waals surface area contributed by atoms with Gasteiger partial charge in [-0.1, -0.05) is 18.6 Å². The molecular weight excluding hydrogens is 593 g/mol. The maximum atomic E-state index is 14.0. The van der Waals surface area contributed by atoms with Crippen molar-refractivity contribution in [2.45, 2.75) is 60.9 Å². The Morgan fingerprint density at radius 1 is 0.676 bits per heavy atom. The first kappa shape index (κ1) is 33.3. The molecule has 4 nitrogen and oxygen atoms in total. The van der Waals surface area contributed by atoms with Crippen LogP contribution >= 0.6 is 12.4 Å². The Labute approximate surface area is 207 Å². The second kappa shape index (κ2) is 10.5. The maximum absolute atomic E-state index is 14.0. The van der Waals surface area contributed by atoms with E-state index in [0.717, 1.165) is 31.4 Å². The van der Waals surface area contributed by atoms with Crippen LogP contribution in [0.4, 0.5) is 57.1 Å². The van der Waals surface area contributed by atoms with E-state index in [1.807, 2.05) is 4.90 Å². The topological polar surface area (TPSA) is 46.6 Å². The Kier molecular flexibility index (Phi) is 9.43. The molecule has 0 amide bonds. The van der Waals surface area contributed by atoms with Crippen LogP contribution in [-0.2, 0) is 16.7 Å². The molecular formula is C18H17ClF13NO3S. The number of likely N-dealkylation sites (tertiary alicyclic amines) is 1. The molecule has 0 aromatic heterocycles. The number of nitrogens with zero attached hydrogens (tertiary/aromatic N) is 1. The molecule has 0 atom stereocenters. The SMILES string of the molecule is Cl.O=S(=O)(Oc1ccc(CN2CCCCC2)cc1)C(F)(F)C(F)(F)C(F)(F)C(F)(F)C(F)(F)C(F)(F)F. The first-order chi connectivity index (χ1) is 16.0. The summed E-state index contributed by atoms with van der Waals surface area (Å²) >= 11 is 0. The molecule has 1 heterocycles. The van der Waals surface area contributed by atoms with E-state index in [2.05, 4.69) is 4.18 Å². The van der Waals surface area contributed by atoms with E-state index in [9.17, 15) is 65.5 Å². The normalized spacial score (nSPS) is 17.3. The highest BCUT2D eigenvalue weighted by molar-refractivity contribution is 7.88. The summed E-state index contributed by atoms with van der Waals surface area (Å²) in [4.78, 5) is 1.95. The van der Waals surface area contributed by atoms with Crippen LogP contribution in [0, 0.1) is 0 Å². The predicted molar refractivity (Wildman–Crippen MR) is 103 cm³/mol. The van der Waals surface area contributed by atoms with Crippen LogP contribution in [0.1, 0.15) is 24.8 Å². The van der Waals surface area contributed by atoms with Gasteiger partial charge in [-0.15, -0.1) is 12.4 Å². The minimum atomic E-state index is -8.24. The summed E-state index contributed by atoms with van der Waals surface area (Å²) in [6, 6.07) is 3.38. The average molecular weight is 610 g/mol. The lowest BCUT2D eigenvalue weighted by atomic mass is 9.98. The molecule has 0 bridgehead atoms. The van der Waals surface area contributed by atoms with Gasteiger partial charge in [0.25, 0.3) is 0 Å². The highest BCUT2D eigenvalue weighted by Crippen LogP contribution is 2.61. The van der Waals surface area contributed by atoms with Gasteiger partial charge in [0.1, 0.15) is 5.75 Å². The van der Waals surface area contributed by atoms with E-state index in [4.69, 9.17) is 0 Å². The minimum absolute atomic E-state index is 0. The van der Waals surface area contributed by atoms with Crippen molar-refractivity contribution in [1.29, 1.82) is 0 Å². The lowest BCUT2D eigenvalue weighted by molar-refractivity contribution is -0.433. The third kappa shape index (κ3) is 5.69. The van der Waals surface area contributed by atoms with Crippen LogP contribution < -0.4 is 4.18 Å². The van der Waals surface area contributed by atoms with E-state index < -0.39 is 51.0 Å². The summed E-state index contributed by atoms with van der Waals surface area (Å²) in [5, 5.41) is -7.40. The van der Waals surface area contributed by atoms with E-state index in [-0.39, 0.29) is 19.0 Å². The van der Waals surface area contributed by atoms with Crippen molar-refractivity contribution in [3.8, 4) is 5.75 Å². The molecule has 1 fully saturated rings. The number of piperidine rings is 1. The Balaban J connectivity index is 0.00000684. The van der Waals surface area contributed by atoms with Crippen LogP contribution in [0.3, 0.4) is 0 Å². The van der Waals surface area contributed by atoms with E-state index in [1.54, 1.807) is 0 Å². The molecule has 0 spiro atoms. The second-order valence-electron chi connectivity index (χ2n) is 7.83. The van der Waals surface area contributed by atoms with Crippen molar-refractivity contribution in [2.75, 3.05) is 13.1 Å². The van der Waals surface area contributed by atoms with Gasteiger partial charge in [-0.05, 0) is 43.6 Å². The Morgan fingerprint density at radius 3 is 1.54 bits per heavy atom. The molecule has 0 aliphatic carbocycles. The van der Waals surface area contributed by atoms with E-state index in [0.29, 0.717) is 30.8 Å². The van der Waals surface area contributed by atoms with Crippen molar-refractivity contribution in [3.05, 3.63) is 29.8 Å². The van der Waals surface area contributed by atoms with Gasteiger partial charge >= 0.3 is 45.2 Å². The van der Waals surface area contributed by atoms with E-state index in [1.165, 1.54) is 0 Å². The Morgan fingerprint density at radius 2 is 1.11 bits per heavy atom. The van der Waals surface area contributed by atoms with Crippen LogP contribution in [0.5, 0.6) is 5.75 Å². The first-order valence-corrected chi connectivity index (χ1v) is 11.1. The lowest BCUT2D eigenvalue weighted by Crippen LogP contribution is -2.71. The molecule has 1 saturated heterocycles. The van der Waals surface area contributed by atoms with Gasteiger partial charge in [0, 0.05) is 6.54 Å². The summed E-state index contributed by atoms with van der Waals surface area (Å²) in [6.45, 7) is 1.68. The second-order valence-corrected chi connectivity index (χ2v) is 9.42. The highest BCUT2D eigenvalue weighted by atomic mass is 35.5. The quantitative estimate of drug-likeness (QED) is 0.237. The minimum Gasteiger partial charge on any atom is -0.378 e. The molecule has 0 N–H and O–H groups in total. The molecule has 0 saturated carbocycles. The summed E-state index contributed by atoms with van der Waals surface area (Å²) in [5.74, 6) is -33.6. The van der Waals surface area contributed by atoms with Gasteiger partial charge in [-0.25, -0.2) is 0 Å². The summed E-state index contributed by atoms with van der Waals surface area (Å²) in [7, 11) is -7.37. The monoisotopic (exact) mass is 609 g/mol. The zero-order chi connectivity index (χ0) is 28.0. The molecule has 37 heavy (non-hydrogen) atoms. The molecule has 216 valence electrons. The summed E-state index contributed by atoms with van der Waals surface area (Å²) < 4.78 is 198. The molecule has 0 unspecified atom stereocenters. The van der Waals surface area contributed by atoms with Gasteiger partial charge in [-0.3, -0.25) is 4.90 Å². The zero-order valence-electron chi connectivity index (χ0n) is 18.0. The van der Waals surface area contributed by atoms with Crippen molar-refractivity contribution in [3.63, 3.8) is 0 Å². The molecule has 2 rings (SSSR count). The number of benzene rings is 1. The van der Waals surface area contributed by atoms with Crippen molar-refractivity contribution < 1.29 is 69.7 Å². The largest absolute Gasteiger partial charge is 0.460 e. The first-order valence-electron chi connectivity index (χ1n) is 9.74. The van der Waals surface area contributed by atoms with Gasteiger partial charge in [0.05, 0.1) is 0 Å². The predicted octanol–water partition coefficient (Wildman–Crippen LogP) is 6.50. The summed E-state index contributed by atoms with van der Waals surface area (Å²) in [5.41, 5.74) is 0.444. The van der Waals surface area contributed by atoms with Crippen LogP contribution in [-0.4, -0.2) is 61.5 Å². The fourth-order valence-electron chi connectivity index (χ4n) is 3.12. The fraction of sp³-hybridized carbons (Fsp3) is 0.667. The van der Waals surface area contributed by atoms with Crippen LogP contribution in [0.2, 0.25) is 0 Å². The van der Waals surface area contributed by atoms with Gasteiger partial charge in [0.2, 0.25) is 0 Å². The fourth-order valence-corrected chi connectivity index (χ4v) is 4.03. The highest BCUT2D eigenvalue weighted by Gasteiger charge is 2.93. The molecule has 19 heteroatoms. The molecule has 1 aromatic rings. The Bertz CT molecular complexity index is 1020. The third-order valence-electron chi connectivity index (χ3n) is 5.20. The van der Waals surface area contributed by atoms with E-state index >= 15 is 0 Å². The zero-order valence-corrected chi connectivity index (χ0v) is 19.6. The van der Waals surface area contributed by atoms with Crippen LogP contribution in [0.15, 0.2) is 24.3 Å². The van der Waals surface area contributed by atoms with Gasteiger partial charge < -0.3 is 4.18 Å². The molecule has 1 aliphatic heterocycles. The number of hydrogen-bond acceptors (Lipinski definition) is 4. The Hall–Kier alpha value is -1.69. The lowest BCUT2D eigenvalue weighted by Gasteiger charge is -2.38. The smallest absolute Gasteiger partial charge is 0.378 e.